The predicted octanol–water partition coefficient (Wildman–Crippen LogP) is 5.71. The van der Waals surface area contributed by atoms with Crippen LogP contribution in [-0.2, 0) is 0 Å². The van der Waals surface area contributed by atoms with E-state index in [1.54, 1.807) is 23.9 Å². The molecule has 2 aromatic carbocycles. The second-order valence-corrected chi connectivity index (χ2v) is 6.42. The summed E-state index contributed by atoms with van der Waals surface area (Å²) >= 11 is 11.1. The molecule has 0 radical (unpaired) electrons. The van der Waals surface area contributed by atoms with Gasteiger partial charge in [0.05, 0.1) is 10.8 Å². The second kappa shape index (κ2) is 5.80. The van der Waals surface area contributed by atoms with Crippen molar-refractivity contribution in [2.24, 2.45) is 0 Å². The number of thioether (sulfide) groups is 1. The van der Waals surface area contributed by atoms with Gasteiger partial charge in [-0.2, -0.15) is 0 Å². The van der Waals surface area contributed by atoms with E-state index in [9.17, 15) is 4.39 Å². The molecule has 0 spiro atoms. The average molecular weight is 371 g/mol. The van der Waals surface area contributed by atoms with Crippen LogP contribution in [-0.4, -0.2) is 5.88 Å². The standard InChI is InChI=1S/C15H10BrClFNS/c16-15-14(12-3-1-2-4-13(12)18)20-9-19(15)11-7-5-10(17)6-8-11/h1-8H,9H2. The summed E-state index contributed by atoms with van der Waals surface area (Å²) in [6, 6.07) is 14.4. The van der Waals surface area contributed by atoms with Crippen LogP contribution < -0.4 is 4.90 Å². The molecule has 0 saturated heterocycles. The molecule has 0 N–H and O–H groups in total. The Morgan fingerprint density at radius 1 is 1.10 bits per heavy atom. The van der Waals surface area contributed by atoms with Crippen molar-refractivity contribution in [2.45, 2.75) is 0 Å². The summed E-state index contributed by atoms with van der Waals surface area (Å²) in [5.74, 6) is 0.538. The fourth-order valence-corrected chi connectivity index (χ4v) is 4.28. The molecule has 2 aromatic rings. The van der Waals surface area contributed by atoms with Gasteiger partial charge < -0.3 is 4.90 Å². The van der Waals surface area contributed by atoms with E-state index >= 15 is 0 Å². The first kappa shape index (κ1) is 14.0. The Bertz CT molecular complexity index is 672. The lowest BCUT2D eigenvalue weighted by atomic mass is 10.2. The summed E-state index contributed by atoms with van der Waals surface area (Å²) in [5.41, 5.74) is 1.65. The molecular formula is C15H10BrClFNS. The van der Waals surface area contributed by atoms with Gasteiger partial charge in [-0.05, 0) is 46.3 Å². The van der Waals surface area contributed by atoms with E-state index in [-0.39, 0.29) is 5.82 Å². The van der Waals surface area contributed by atoms with E-state index in [2.05, 4.69) is 20.8 Å². The Balaban J connectivity index is 1.98. The molecule has 5 heteroatoms. The van der Waals surface area contributed by atoms with Crippen LogP contribution in [0, 0.1) is 5.82 Å². The molecule has 0 saturated carbocycles. The fraction of sp³-hybridized carbons (Fsp3) is 0.0667. The summed E-state index contributed by atoms with van der Waals surface area (Å²) in [6.07, 6.45) is 0. The highest BCUT2D eigenvalue weighted by atomic mass is 79.9. The Morgan fingerprint density at radius 2 is 1.80 bits per heavy atom. The molecule has 0 aliphatic carbocycles. The van der Waals surface area contributed by atoms with Crippen LogP contribution in [0.15, 0.2) is 53.1 Å². The number of hydrogen-bond acceptors (Lipinski definition) is 2. The average Bonchev–Trinajstić information content (AvgIpc) is 2.82. The topological polar surface area (TPSA) is 3.24 Å². The Hall–Kier alpha value is -0.970. The van der Waals surface area contributed by atoms with Gasteiger partial charge >= 0.3 is 0 Å². The summed E-state index contributed by atoms with van der Waals surface area (Å²) in [7, 11) is 0. The third kappa shape index (κ3) is 2.60. The predicted molar refractivity (Wildman–Crippen MR) is 88.6 cm³/mol. The fourth-order valence-electron chi connectivity index (χ4n) is 2.01. The Kier molecular flexibility index (Phi) is 4.06. The summed E-state index contributed by atoms with van der Waals surface area (Å²) in [6.45, 7) is 0. The number of halogens is 3. The third-order valence-corrected chi connectivity index (χ3v) is 5.45. The first-order valence-electron chi connectivity index (χ1n) is 5.97. The monoisotopic (exact) mass is 369 g/mol. The second-order valence-electron chi connectivity index (χ2n) is 4.28. The van der Waals surface area contributed by atoms with Gasteiger partial charge in [-0.3, -0.25) is 0 Å². The maximum absolute atomic E-state index is 13.9. The van der Waals surface area contributed by atoms with Crippen LogP contribution in [0.2, 0.25) is 5.02 Å². The molecule has 0 fully saturated rings. The van der Waals surface area contributed by atoms with Gasteiger partial charge in [0.2, 0.25) is 0 Å². The normalized spacial score (nSPS) is 15.1. The minimum Gasteiger partial charge on any atom is -0.325 e. The number of benzene rings is 2. The molecule has 1 nitrogen and oxygen atoms in total. The van der Waals surface area contributed by atoms with Crippen molar-refractivity contribution < 1.29 is 4.39 Å². The molecule has 1 aliphatic rings. The summed E-state index contributed by atoms with van der Waals surface area (Å²) < 4.78 is 14.8. The van der Waals surface area contributed by atoms with Crippen molar-refractivity contribution in [1.82, 2.24) is 0 Å². The van der Waals surface area contributed by atoms with Crippen LogP contribution in [0.4, 0.5) is 10.1 Å². The number of nitrogens with zero attached hydrogens (tertiary/aromatic N) is 1. The van der Waals surface area contributed by atoms with Crippen LogP contribution in [0.3, 0.4) is 0 Å². The van der Waals surface area contributed by atoms with E-state index in [0.717, 1.165) is 21.1 Å². The number of rotatable bonds is 2. The van der Waals surface area contributed by atoms with Crippen LogP contribution >= 0.6 is 39.3 Å². The van der Waals surface area contributed by atoms with Gasteiger partial charge in [0, 0.05) is 16.3 Å². The lowest BCUT2D eigenvalue weighted by Crippen LogP contribution is -2.14. The first-order valence-corrected chi connectivity index (χ1v) is 8.13. The smallest absolute Gasteiger partial charge is 0.131 e. The molecular weight excluding hydrogens is 361 g/mol. The van der Waals surface area contributed by atoms with Crippen molar-refractivity contribution >= 4 is 49.9 Å². The zero-order valence-electron chi connectivity index (χ0n) is 10.3. The highest BCUT2D eigenvalue weighted by molar-refractivity contribution is 9.12. The molecule has 3 rings (SSSR count). The minimum absolute atomic E-state index is 0.204. The molecule has 1 aliphatic heterocycles. The highest BCUT2D eigenvalue weighted by Crippen LogP contribution is 2.44. The molecule has 0 atom stereocenters. The van der Waals surface area contributed by atoms with Crippen LogP contribution in [0.5, 0.6) is 0 Å². The zero-order chi connectivity index (χ0) is 14.1. The molecule has 102 valence electrons. The van der Waals surface area contributed by atoms with E-state index in [0.29, 0.717) is 10.6 Å². The van der Waals surface area contributed by atoms with Gasteiger partial charge in [0.15, 0.2) is 0 Å². The van der Waals surface area contributed by atoms with Gasteiger partial charge in [0.1, 0.15) is 10.4 Å². The molecule has 1 heterocycles. The third-order valence-electron chi connectivity index (χ3n) is 3.02. The van der Waals surface area contributed by atoms with Gasteiger partial charge in [-0.1, -0.05) is 29.8 Å². The van der Waals surface area contributed by atoms with Crippen molar-refractivity contribution in [3.8, 4) is 0 Å². The lowest BCUT2D eigenvalue weighted by molar-refractivity contribution is 0.625. The van der Waals surface area contributed by atoms with Gasteiger partial charge in [0.25, 0.3) is 0 Å². The first-order chi connectivity index (χ1) is 9.66. The Morgan fingerprint density at radius 3 is 2.50 bits per heavy atom. The van der Waals surface area contributed by atoms with Gasteiger partial charge in [-0.15, -0.1) is 11.8 Å². The molecule has 0 unspecified atom stereocenters. The SMILES string of the molecule is Fc1ccccc1C1=C(Br)N(c2ccc(Cl)cc2)CS1. The number of anilines is 1. The summed E-state index contributed by atoms with van der Waals surface area (Å²) in [5, 5.41) is 0.704. The number of hydrogen-bond donors (Lipinski definition) is 0. The largest absolute Gasteiger partial charge is 0.325 e. The maximum Gasteiger partial charge on any atom is 0.131 e. The Labute approximate surface area is 134 Å². The molecule has 20 heavy (non-hydrogen) atoms. The van der Waals surface area contributed by atoms with Crippen molar-refractivity contribution in [2.75, 3.05) is 10.8 Å². The van der Waals surface area contributed by atoms with Crippen LogP contribution in [0.1, 0.15) is 5.56 Å². The lowest BCUT2D eigenvalue weighted by Gasteiger charge is -2.17. The van der Waals surface area contributed by atoms with E-state index in [4.69, 9.17) is 11.6 Å². The quantitative estimate of drug-likeness (QED) is 0.623. The maximum atomic E-state index is 13.9. The van der Waals surface area contributed by atoms with E-state index < -0.39 is 0 Å². The van der Waals surface area contributed by atoms with E-state index in [1.165, 1.54) is 6.07 Å². The minimum atomic E-state index is -0.204. The van der Waals surface area contributed by atoms with Crippen molar-refractivity contribution in [3.05, 3.63) is 69.5 Å². The molecule has 0 amide bonds. The highest BCUT2D eigenvalue weighted by Gasteiger charge is 2.25. The van der Waals surface area contributed by atoms with Crippen LogP contribution in [0.25, 0.3) is 4.91 Å². The van der Waals surface area contributed by atoms with E-state index in [1.807, 2.05) is 30.3 Å². The van der Waals surface area contributed by atoms with Crippen molar-refractivity contribution in [1.29, 1.82) is 0 Å². The zero-order valence-corrected chi connectivity index (χ0v) is 13.5. The molecule has 0 aromatic heterocycles. The van der Waals surface area contributed by atoms with Gasteiger partial charge in [-0.25, -0.2) is 4.39 Å². The summed E-state index contributed by atoms with van der Waals surface area (Å²) in [4.78, 5) is 3.00. The molecule has 0 bridgehead atoms. The van der Waals surface area contributed by atoms with Crippen molar-refractivity contribution in [3.63, 3.8) is 0 Å².